The van der Waals surface area contributed by atoms with Crippen LogP contribution in [0.25, 0.3) is 0 Å². The van der Waals surface area contributed by atoms with Crippen molar-refractivity contribution in [1.82, 2.24) is 4.98 Å². The summed E-state index contributed by atoms with van der Waals surface area (Å²) in [4.78, 5) is 4.03. The van der Waals surface area contributed by atoms with Gasteiger partial charge >= 0.3 is 0 Å². The van der Waals surface area contributed by atoms with Crippen LogP contribution in [0.15, 0.2) is 0 Å². The molecule has 1 aromatic rings. The summed E-state index contributed by atoms with van der Waals surface area (Å²) < 4.78 is 0. The minimum atomic E-state index is -0.249. The van der Waals surface area contributed by atoms with Crippen LogP contribution in [0.4, 0.5) is 0 Å². The summed E-state index contributed by atoms with van der Waals surface area (Å²) in [6.45, 7) is 1.78. The first-order chi connectivity index (χ1) is 6.20. The number of aromatic hydroxyl groups is 2. The minimum absolute atomic E-state index is 0.0723. The zero-order valence-corrected chi connectivity index (χ0v) is 7.54. The van der Waals surface area contributed by atoms with Gasteiger partial charge in [0.2, 0.25) is 0 Å². The smallest absolute Gasteiger partial charge is 0.186 e. The quantitative estimate of drug-likeness (QED) is 0.690. The fourth-order valence-electron chi connectivity index (χ4n) is 1.63. The monoisotopic (exact) mass is 178 g/mol. The highest BCUT2D eigenvalue weighted by Gasteiger charge is 2.24. The molecule has 1 saturated carbocycles. The molecule has 1 aromatic heterocycles. The lowest BCUT2D eigenvalue weighted by Crippen LogP contribution is -2.12. The van der Waals surface area contributed by atoms with Crippen molar-refractivity contribution in [3.8, 4) is 11.5 Å². The Bertz CT molecular complexity index is 332. The Kier molecular flexibility index (Phi) is 1.87. The number of pyridine rings is 1. The Morgan fingerprint density at radius 3 is 2.62 bits per heavy atom. The van der Waals surface area contributed by atoms with Gasteiger partial charge in [0.25, 0.3) is 0 Å². The Morgan fingerprint density at radius 1 is 1.38 bits per heavy atom. The molecular weight excluding hydrogens is 166 g/mol. The van der Waals surface area contributed by atoms with Gasteiger partial charge in [-0.05, 0) is 19.8 Å². The van der Waals surface area contributed by atoms with Crippen LogP contribution in [0.5, 0.6) is 11.5 Å². The van der Waals surface area contributed by atoms with Crippen molar-refractivity contribution in [1.29, 1.82) is 0 Å². The molecule has 3 heteroatoms. The lowest BCUT2D eigenvalue weighted by molar-refractivity contribution is 0.381. The largest absolute Gasteiger partial charge is 0.504 e. The topological polar surface area (TPSA) is 53.4 Å². The molecule has 69 valence electrons. The third-order valence-electron chi connectivity index (χ3n) is 2.74. The van der Waals surface area contributed by atoms with Crippen LogP contribution in [-0.4, -0.2) is 15.2 Å². The van der Waals surface area contributed by atoms with Gasteiger partial charge in [0.15, 0.2) is 11.5 Å². The summed E-state index contributed by atoms with van der Waals surface area (Å²) in [5.41, 5.74) is 1.59. The van der Waals surface area contributed by atoms with Gasteiger partial charge in [-0.1, -0.05) is 6.42 Å². The van der Waals surface area contributed by atoms with Crippen LogP contribution in [0.1, 0.15) is 36.4 Å². The van der Waals surface area contributed by atoms with Crippen LogP contribution >= 0.6 is 0 Å². The van der Waals surface area contributed by atoms with Gasteiger partial charge in [0.1, 0.15) is 6.20 Å². The number of aromatic nitrogens is 1. The molecule has 0 atom stereocenters. The fraction of sp³-hybridized carbons (Fsp3) is 0.500. The van der Waals surface area contributed by atoms with Gasteiger partial charge in [-0.2, -0.15) is 0 Å². The molecule has 0 unspecified atom stereocenters. The van der Waals surface area contributed by atoms with Gasteiger partial charge in [-0.15, -0.1) is 0 Å². The average Bonchev–Trinajstić information content (AvgIpc) is 2.03. The second-order valence-electron chi connectivity index (χ2n) is 3.56. The molecule has 0 bridgehead atoms. The van der Waals surface area contributed by atoms with Crippen molar-refractivity contribution in [2.24, 2.45) is 0 Å². The molecule has 2 N–H and O–H groups in total. The van der Waals surface area contributed by atoms with Crippen molar-refractivity contribution in [2.45, 2.75) is 32.1 Å². The van der Waals surface area contributed by atoms with E-state index in [-0.39, 0.29) is 11.5 Å². The molecule has 13 heavy (non-hydrogen) atoms. The van der Waals surface area contributed by atoms with Crippen molar-refractivity contribution in [3.63, 3.8) is 0 Å². The van der Waals surface area contributed by atoms with E-state index in [9.17, 15) is 5.11 Å². The Balaban J connectivity index is 2.41. The third-order valence-corrected chi connectivity index (χ3v) is 2.74. The molecule has 3 nitrogen and oxygen atoms in total. The summed E-state index contributed by atoms with van der Waals surface area (Å²) in [5, 5.41) is 18.6. The molecule has 0 amide bonds. The second-order valence-corrected chi connectivity index (χ2v) is 3.56. The highest BCUT2D eigenvalue weighted by atomic mass is 16.3. The van der Waals surface area contributed by atoms with Crippen molar-refractivity contribution in [2.75, 3.05) is 0 Å². The third kappa shape index (κ3) is 1.24. The fourth-order valence-corrected chi connectivity index (χ4v) is 1.63. The summed E-state index contributed by atoms with van der Waals surface area (Å²) in [7, 11) is 0. The maximum Gasteiger partial charge on any atom is 0.186 e. The van der Waals surface area contributed by atoms with Crippen molar-refractivity contribution < 1.29 is 10.2 Å². The lowest BCUT2D eigenvalue weighted by Gasteiger charge is -2.26. The van der Waals surface area contributed by atoms with E-state index >= 15 is 0 Å². The van der Waals surface area contributed by atoms with Crippen LogP contribution in [-0.2, 0) is 0 Å². The van der Waals surface area contributed by atoms with E-state index in [4.69, 9.17) is 5.11 Å². The van der Waals surface area contributed by atoms with E-state index in [1.807, 2.05) is 0 Å². The zero-order chi connectivity index (χ0) is 9.42. The van der Waals surface area contributed by atoms with Gasteiger partial charge < -0.3 is 10.2 Å². The minimum Gasteiger partial charge on any atom is -0.504 e. The van der Waals surface area contributed by atoms with Crippen molar-refractivity contribution in [3.05, 3.63) is 17.5 Å². The average molecular weight is 178 g/mol. The van der Waals surface area contributed by atoms with Gasteiger partial charge in [0.05, 0.1) is 5.69 Å². The first-order valence-corrected chi connectivity index (χ1v) is 4.50. The number of hydrogen-bond acceptors (Lipinski definition) is 3. The second kappa shape index (κ2) is 2.91. The maximum atomic E-state index is 9.43. The molecule has 0 spiro atoms. The Hall–Kier alpha value is -1.25. The molecule has 1 fully saturated rings. The molecule has 2 rings (SSSR count). The Morgan fingerprint density at radius 2 is 2.08 bits per heavy atom. The molecule has 0 saturated heterocycles. The van der Waals surface area contributed by atoms with Crippen LogP contribution in [0.2, 0.25) is 0 Å². The highest BCUT2D eigenvalue weighted by Crippen LogP contribution is 2.40. The molecule has 0 aliphatic heterocycles. The summed E-state index contributed by atoms with van der Waals surface area (Å²) >= 11 is 0. The first kappa shape index (κ1) is 8.35. The highest BCUT2D eigenvalue weighted by molar-refractivity contribution is 5.44. The molecule has 1 radical (unpaired) electrons. The molecule has 1 aliphatic carbocycles. The summed E-state index contributed by atoms with van der Waals surface area (Å²) in [6.07, 6.45) is 5.90. The van der Waals surface area contributed by atoms with Gasteiger partial charge in [-0.3, -0.25) is 0 Å². The summed E-state index contributed by atoms with van der Waals surface area (Å²) in [6, 6.07) is 0. The van der Waals surface area contributed by atoms with E-state index in [1.165, 1.54) is 6.42 Å². The summed E-state index contributed by atoms with van der Waals surface area (Å²) in [5.74, 6) is 0.139. The maximum absolute atomic E-state index is 9.43. The molecule has 0 aromatic carbocycles. The van der Waals surface area contributed by atoms with Crippen LogP contribution in [0, 0.1) is 13.1 Å². The van der Waals surface area contributed by atoms with Crippen molar-refractivity contribution >= 4 is 0 Å². The van der Waals surface area contributed by atoms with E-state index in [2.05, 4.69) is 11.2 Å². The predicted octanol–water partition coefficient (Wildman–Crippen LogP) is 1.87. The number of nitrogens with zero attached hydrogens (tertiary/aromatic N) is 1. The van der Waals surface area contributed by atoms with E-state index < -0.39 is 0 Å². The van der Waals surface area contributed by atoms with E-state index in [0.717, 1.165) is 18.5 Å². The zero-order valence-electron chi connectivity index (χ0n) is 7.54. The van der Waals surface area contributed by atoms with Gasteiger partial charge in [-0.25, -0.2) is 4.98 Å². The Labute approximate surface area is 77.1 Å². The standard InChI is InChI=1S/C10H12NO2/c1-6-9(7-3-2-4-7)11-5-8(12)10(6)13/h7,12H,2-4H2,1H3,(H,11,13). The normalized spacial score (nSPS) is 17.0. The van der Waals surface area contributed by atoms with Crippen LogP contribution in [0.3, 0.4) is 0 Å². The number of hydrogen-bond donors (Lipinski definition) is 2. The van der Waals surface area contributed by atoms with E-state index in [0.29, 0.717) is 11.5 Å². The molecule has 1 aliphatic rings. The van der Waals surface area contributed by atoms with Gasteiger partial charge in [0, 0.05) is 11.5 Å². The molecule has 1 heterocycles. The first-order valence-electron chi connectivity index (χ1n) is 4.50. The predicted molar refractivity (Wildman–Crippen MR) is 47.7 cm³/mol. The van der Waals surface area contributed by atoms with Crippen LogP contribution < -0.4 is 0 Å². The lowest BCUT2D eigenvalue weighted by atomic mass is 9.81. The SMILES string of the molecule is Cc1c(C2CCC2)n[c]c(O)c1O. The van der Waals surface area contributed by atoms with E-state index in [1.54, 1.807) is 6.92 Å². The molecular formula is C10H12NO2. The number of rotatable bonds is 1.